The van der Waals surface area contributed by atoms with Crippen LogP contribution in [0.15, 0.2) is 95.9 Å². The molecule has 2 aromatic heterocycles. The molecule has 9 nitrogen and oxygen atoms in total. The van der Waals surface area contributed by atoms with Crippen molar-refractivity contribution in [2.75, 3.05) is 5.32 Å². The van der Waals surface area contributed by atoms with Gasteiger partial charge in [0, 0.05) is 24.6 Å². The van der Waals surface area contributed by atoms with Gasteiger partial charge < -0.3 is 19.8 Å². The van der Waals surface area contributed by atoms with E-state index in [9.17, 15) is 18.8 Å². The predicted molar refractivity (Wildman–Crippen MR) is 134 cm³/mol. The van der Waals surface area contributed by atoms with Crippen molar-refractivity contribution in [2.24, 2.45) is 0 Å². The number of furan rings is 1. The summed E-state index contributed by atoms with van der Waals surface area (Å²) in [6, 6.07) is 18.2. The molecular formula is C28H23FN4O5. The van der Waals surface area contributed by atoms with Crippen molar-refractivity contribution in [3.8, 4) is 0 Å². The lowest BCUT2D eigenvalue weighted by molar-refractivity contribution is -0.126. The van der Waals surface area contributed by atoms with E-state index in [1.54, 1.807) is 60.9 Å². The summed E-state index contributed by atoms with van der Waals surface area (Å²) >= 11 is 0. The van der Waals surface area contributed by atoms with Crippen LogP contribution < -0.4 is 10.6 Å². The second-order valence-corrected chi connectivity index (χ2v) is 8.64. The lowest BCUT2D eigenvalue weighted by Gasteiger charge is -2.24. The van der Waals surface area contributed by atoms with Gasteiger partial charge in [0.1, 0.15) is 5.82 Å². The lowest BCUT2D eigenvalue weighted by atomic mass is 10.00. The number of rotatable bonds is 8. The number of amides is 3. The molecule has 192 valence electrons. The molecule has 0 bridgehead atoms. The van der Waals surface area contributed by atoms with Gasteiger partial charge in [-0.15, -0.1) is 0 Å². The predicted octanol–water partition coefficient (Wildman–Crippen LogP) is 4.44. The first kappa shape index (κ1) is 24.7. The van der Waals surface area contributed by atoms with E-state index in [2.05, 4.69) is 15.6 Å². The van der Waals surface area contributed by atoms with Crippen LogP contribution in [0.3, 0.4) is 0 Å². The van der Waals surface area contributed by atoms with Gasteiger partial charge in [0.15, 0.2) is 17.9 Å². The van der Waals surface area contributed by atoms with Crippen molar-refractivity contribution in [3.63, 3.8) is 0 Å². The second-order valence-electron chi connectivity index (χ2n) is 8.64. The Bertz CT molecular complexity index is 1430. The average molecular weight is 515 g/mol. The minimum atomic E-state index is -1.02. The van der Waals surface area contributed by atoms with Gasteiger partial charge in [-0.25, -0.2) is 9.18 Å². The Kier molecular flexibility index (Phi) is 7.12. The molecule has 3 amide bonds. The van der Waals surface area contributed by atoms with Crippen LogP contribution in [-0.2, 0) is 22.6 Å². The van der Waals surface area contributed by atoms with E-state index in [4.69, 9.17) is 9.15 Å². The van der Waals surface area contributed by atoms with Crippen molar-refractivity contribution in [3.05, 3.63) is 120 Å². The van der Waals surface area contributed by atoms with Crippen LogP contribution >= 0.6 is 0 Å². The van der Waals surface area contributed by atoms with Crippen LogP contribution in [0.4, 0.5) is 14.9 Å². The fraction of sp³-hybridized carbons (Fsp3) is 0.143. The molecule has 0 radical (unpaired) electrons. The molecule has 2 unspecified atom stereocenters. The summed E-state index contributed by atoms with van der Waals surface area (Å²) in [5.74, 6) is -1.13. The van der Waals surface area contributed by atoms with Gasteiger partial charge in [-0.05, 0) is 59.2 Å². The third-order valence-electron chi connectivity index (χ3n) is 6.03. The number of ether oxygens (including phenoxy) is 1. The summed E-state index contributed by atoms with van der Waals surface area (Å²) in [6.07, 6.45) is 3.04. The Balaban J connectivity index is 1.37. The SMILES string of the molecule is O=C(Nc1ccc(C2OC(=O)N(Cc3cccc(F)c3)C2C(=O)NCc2cccnc2)cc1)c1ccco1. The largest absolute Gasteiger partial charge is 0.459 e. The highest BCUT2D eigenvalue weighted by Crippen LogP contribution is 2.34. The van der Waals surface area contributed by atoms with Crippen LogP contribution in [0.5, 0.6) is 0 Å². The Morgan fingerprint density at radius 3 is 2.53 bits per heavy atom. The van der Waals surface area contributed by atoms with E-state index < -0.39 is 35.9 Å². The summed E-state index contributed by atoms with van der Waals surface area (Å²) in [5, 5.41) is 5.57. The molecule has 4 aromatic rings. The molecule has 2 aromatic carbocycles. The summed E-state index contributed by atoms with van der Waals surface area (Å²) in [6.45, 7) is 0.186. The maximum Gasteiger partial charge on any atom is 0.411 e. The first-order chi connectivity index (χ1) is 18.5. The van der Waals surface area contributed by atoms with E-state index in [0.717, 1.165) is 5.56 Å². The topological polar surface area (TPSA) is 114 Å². The van der Waals surface area contributed by atoms with Crippen LogP contribution in [-0.4, -0.2) is 33.8 Å². The Labute approximate surface area is 217 Å². The smallest absolute Gasteiger partial charge is 0.411 e. The fourth-order valence-corrected chi connectivity index (χ4v) is 4.20. The molecule has 2 N–H and O–H groups in total. The van der Waals surface area contributed by atoms with Gasteiger partial charge in [0.05, 0.1) is 12.8 Å². The molecule has 1 saturated heterocycles. The third-order valence-corrected chi connectivity index (χ3v) is 6.03. The number of anilines is 1. The van der Waals surface area contributed by atoms with Crippen LogP contribution in [0, 0.1) is 5.82 Å². The van der Waals surface area contributed by atoms with Crippen molar-refractivity contribution >= 4 is 23.6 Å². The Morgan fingerprint density at radius 1 is 1.00 bits per heavy atom. The summed E-state index contributed by atoms with van der Waals surface area (Å²) in [7, 11) is 0. The number of carbonyl (C=O) groups excluding carboxylic acids is 3. The van der Waals surface area contributed by atoms with Crippen molar-refractivity contribution in [2.45, 2.75) is 25.2 Å². The highest BCUT2D eigenvalue weighted by Gasteiger charge is 2.47. The van der Waals surface area contributed by atoms with Gasteiger partial charge in [0.25, 0.3) is 5.91 Å². The van der Waals surface area contributed by atoms with E-state index in [0.29, 0.717) is 16.8 Å². The first-order valence-electron chi connectivity index (χ1n) is 11.8. The standard InChI is InChI=1S/C28H23FN4O5/c29-21-6-1-4-18(14-21)17-33-24(27(35)31-16-19-5-2-12-30-15-19)25(38-28(33)36)20-8-10-22(11-9-20)32-26(34)23-7-3-13-37-23/h1-15,24-25H,16-17H2,(H,31,35)(H,32,34). The fourth-order valence-electron chi connectivity index (χ4n) is 4.20. The molecule has 38 heavy (non-hydrogen) atoms. The zero-order chi connectivity index (χ0) is 26.5. The number of pyridine rings is 1. The molecule has 10 heteroatoms. The maximum atomic E-state index is 13.8. The van der Waals surface area contributed by atoms with Gasteiger partial charge in [-0.2, -0.15) is 0 Å². The van der Waals surface area contributed by atoms with Crippen molar-refractivity contribution in [1.29, 1.82) is 0 Å². The van der Waals surface area contributed by atoms with Crippen molar-refractivity contribution < 1.29 is 27.9 Å². The molecule has 0 saturated carbocycles. The maximum absolute atomic E-state index is 13.8. The normalized spacial score (nSPS) is 16.7. The molecule has 2 atom stereocenters. The number of nitrogens with one attached hydrogen (secondary N) is 2. The molecule has 0 spiro atoms. The number of cyclic esters (lactones) is 1. The zero-order valence-corrected chi connectivity index (χ0v) is 20.0. The van der Waals surface area contributed by atoms with Crippen LogP contribution in [0.2, 0.25) is 0 Å². The molecule has 5 rings (SSSR count). The number of aromatic nitrogens is 1. The molecule has 1 aliphatic heterocycles. The summed E-state index contributed by atoms with van der Waals surface area (Å²) in [4.78, 5) is 43.9. The quantitative estimate of drug-likeness (QED) is 0.359. The first-order valence-corrected chi connectivity index (χ1v) is 11.8. The zero-order valence-electron chi connectivity index (χ0n) is 20.0. The van der Waals surface area contributed by atoms with E-state index in [1.807, 2.05) is 6.07 Å². The van der Waals surface area contributed by atoms with E-state index >= 15 is 0 Å². The minimum absolute atomic E-state index is 0.0185. The van der Waals surface area contributed by atoms with E-state index in [-0.39, 0.29) is 18.8 Å². The van der Waals surface area contributed by atoms with Crippen LogP contribution in [0.1, 0.15) is 33.3 Å². The van der Waals surface area contributed by atoms with Gasteiger partial charge in [0.2, 0.25) is 5.91 Å². The monoisotopic (exact) mass is 514 g/mol. The Morgan fingerprint density at radius 2 is 1.82 bits per heavy atom. The molecule has 1 fully saturated rings. The van der Waals surface area contributed by atoms with Gasteiger partial charge in [-0.1, -0.05) is 30.3 Å². The number of hydrogen-bond acceptors (Lipinski definition) is 6. The number of carbonyl (C=O) groups is 3. The molecular weight excluding hydrogens is 491 g/mol. The highest BCUT2D eigenvalue weighted by atomic mass is 19.1. The third kappa shape index (κ3) is 5.54. The summed E-state index contributed by atoms with van der Waals surface area (Å²) < 4.78 is 24.6. The van der Waals surface area contributed by atoms with Gasteiger partial charge >= 0.3 is 6.09 Å². The van der Waals surface area contributed by atoms with E-state index in [1.165, 1.54) is 29.4 Å². The molecule has 1 aliphatic rings. The average Bonchev–Trinajstić information content (AvgIpc) is 3.57. The molecule has 3 heterocycles. The van der Waals surface area contributed by atoms with Crippen LogP contribution in [0.25, 0.3) is 0 Å². The number of halogens is 1. The Hall–Kier alpha value is -4.99. The van der Waals surface area contributed by atoms with Crippen molar-refractivity contribution in [1.82, 2.24) is 15.2 Å². The number of nitrogens with zero attached hydrogens (tertiary/aromatic N) is 2. The highest BCUT2D eigenvalue weighted by molar-refractivity contribution is 6.02. The number of hydrogen-bond donors (Lipinski definition) is 2. The second kappa shape index (κ2) is 11.0. The molecule has 0 aliphatic carbocycles. The lowest BCUT2D eigenvalue weighted by Crippen LogP contribution is -2.46. The van der Waals surface area contributed by atoms with Gasteiger partial charge in [-0.3, -0.25) is 19.5 Å². The summed E-state index contributed by atoms with van der Waals surface area (Å²) in [5.41, 5.74) is 2.35. The minimum Gasteiger partial charge on any atom is -0.459 e. The number of benzene rings is 2.